The summed E-state index contributed by atoms with van der Waals surface area (Å²) < 4.78 is 4.62. The lowest BCUT2D eigenvalue weighted by molar-refractivity contribution is 0.0964. The highest BCUT2D eigenvalue weighted by Gasteiger charge is 2.54. The van der Waals surface area contributed by atoms with Crippen LogP contribution in [0.5, 0.6) is 0 Å². The normalized spacial score (nSPS) is 33.8. The van der Waals surface area contributed by atoms with Crippen LogP contribution >= 0.6 is 11.6 Å². The van der Waals surface area contributed by atoms with Crippen LogP contribution in [0.2, 0.25) is 0 Å². The molecule has 1 aliphatic carbocycles. The van der Waals surface area contributed by atoms with Gasteiger partial charge >= 0.3 is 11.5 Å². The fraction of sp³-hybridized carbons (Fsp3) is 0.750. The van der Waals surface area contributed by atoms with Crippen LogP contribution in [0.15, 0.2) is 0 Å². The third kappa shape index (κ3) is 1.64. The molecule has 14 heavy (non-hydrogen) atoms. The van der Waals surface area contributed by atoms with Crippen molar-refractivity contribution in [1.29, 1.82) is 0 Å². The summed E-state index contributed by atoms with van der Waals surface area (Å²) in [6, 6.07) is -0.194. The summed E-state index contributed by atoms with van der Waals surface area (Å²) in [5.74, 6) is 0.826. The summed E-state index contributed by atoms with van der Waals surface area (Å²) in [6.07, 6.45) is 0.0849. The highest BCUT2D eigenvalue weighted by Crippen LogP contribution is 2.49. The van der Waals surface area contributed by atoms with Crippen molar-refractivity contribution in [3.05, 3.63) is 0 Å². The van der Waals surface area contributed by atoms with E-state index in [2.05, 4.69) is 4.74 Å². The van der Waals surface area contributed by atoms with E-state index < -0.39 is 11.5 Å². The lowest BCUT2D eigenvalue weighted by Gasteiger charge is -2.23. The number of likely N-dealkylation sites (tertiary alicyclic amines) is 1. The van der Waals surface area contributed by atoms with Gasteiger partial charge in [0.2, 0.25) is 0 Å². The first-order chi connectivity index (χ1) is 6.59. The first-order valence-electron chi connectivity index (χ1n) is 4.41. The highest BCUT2D eigenvalue weighted by atomic mass is 35.5. The maximum Gasteiger partial charge on any atom is 0.407 e. The van der Waals surface area contributed by atoms with Gasteiger partial charge in [-0.25, -0.2) is 9.59 Å². The lowest BCUT2D eigenvalue weighted by atomic mass is 10.2. The minimum Gasteiger partial charge on any atom is -0.465 e. The minimum atomic E-state index is -0.951. The van der Waals surface area contributed by atoms with Crippen LogP contribution in [0.1, 0.15) is 6.42 Å². The van der Waals surface area contributed by atoms with Gasteiger partial charge in [-0.2, -0.15) is 0 Å². The van der Waals surface area contributed by atoms with Gasteiger partial charge in [0.1, 0.15) is 6.61 Å². The van der Waals surface area contributed by atoms with Crippen LogP contribution in [0.25, 0.3) is 0 Å². The molecule has 0 unspecified atom stereocenters. The number of carbonyl (C=O) groups excluding carboxylic acids is 1. The van der Waals surface area contributed by atoms with Gasteiger partial charge in [0.25, 0.3) is 0 Å². The SMILES string of the molecule is O=C(Cl)OC[C@@H]1[C@@H]2C[C@@H]2CN1C(=O)O. The molecule has 0 aromatic rings. The number of carbonyl (C=O) groups is 2. The molecule has 0 spiro atoms. The molecule has 2 aliphatic rings. The largest absolute Gasteiger partial charge is 0.465 e. The van der Waals surface area contributed by atoms with Gasteiger partial charge in [-0.15, -0.1) is 0 Å². The van der Waals surface area contributed by atoms with Gasteiger partial charge in [-0.05, 0) is 18.3 Å². The molecule has 1 N–H and O–H groups in total. The summed E-state index contributed by atoms with van der Waals surface area (Å²) in [7, 11) is 0. The Bertz CT molecular complexity index is 283. The number of carboxylic acid groups (broad SMARTS) is 1. The molecule has 1 saturated carbocycles. The van der Waals surface area contributed by atoms with Crippen molar-refractivity contribution in [3.8, 4) is 0 Å². The number of amides is 1. The second kappa shape index (κ2) is 3.31. The smallest absolute Gasteiger partial charge is 0.407 e. The maximum atomic E-state index is 10.8. The number of hydrogen-bond acceptors (Lipinski definition) is 3. The monoisotopic (exact) mass is 219 g/mol. The first kappa shape index (κ1) is 9.58. The van der Waals surface area contributed by atoms with Gasteiger partial charge < -0.3 is 14.7 Å². The third-order valence-electron chi connectivity index (χ3n) is 2.92. The predicted molar refractivity (Wildman–Crippen MR) is 47.3 cm³/mol. The molecular weight excluding hydrogens is 210 g/mol. The number of ether oxygens (including phenoxy) is 1. The predicted octanol–water partition coefficient (Wildman–Crippen LogP) is 1.36. The number of nitrogens with zero attached hydrogens (tertiary/aromatic N) is 1. The van der Waals surface area contributed by atoms with E-state index in [1.165, 1.54) is 4.90 Å². The molecule has 6 heteroatoms. The molecule has 3 atom stereocenters. The van der Waals surface area contributed by atoms with E-state index in [9.17, 15) is 9.59 Å². The van der Waals surface area contributed by atoms with Crippen molar-refractivity contribution in [2.24, 2.45) is 11.8 Å². The zero-order valence-corrected chi connectivity index (χ0v) is 8.11. The molecule has 1 aliphatic heterocycles. The second-order valence-corrected chi connectivity index (χ2v) is 4.02. The van der Waals surface area contributed by atoms with Crippen LogP contribution in [-0.2, 0) is 4.74 Å². The zero-order valence-electron chi connectivity index (χ0n) is 7.35. The number of halogens is 1. The molecule has 1 heterocycles. The molecule has 1 amide bonds. The van der Waals surface area contributed by atoms with Crippen molar-refractivity contribution >= 4 is 23.1 Å². The van der Waals surface area contributed by atoms with Gasteiger partial charge in [-0.3, -0.25) is 0 Å². The van der Waals surface area contributed by atoms with Crippen LogP contribution in [-0.4, -0.2) is 40.7 Å². The summed E-state index contributed by atoms with van der Waals surface area (Å²) in [6.45, 7) is 0.639. The number of rotatable bonds is 2. The number of piperidine rings is 1. The van der Waals surface area contributed by atoms with Crippen molar-refractivity contribution in [3.63, 3.8) is 0 Å². The lowest BCUT2D eigenvalue weighted by Crippen LogP contribution is -2.40. The Kier molecular flexibility index (Phi) is 2.26. The Morgan fingerprint density at radius 1 is 1.57 bits per heavy atom. The van der Waals surface area contributed by atoms with E-state index >= 15 is 0 Å². The molecule has 0 bridgehead atoms. The molecule has 78 valence electrons. The van der Waals surface area contributed by atoms with Gasteiger partial charge in [-0.1, -0.05) is 0 Å². The second-order valence-electron chi connectivity index (χ2n) is 3.71. The van der Waals surface area contributed by atoms with Gasteiger partial charge in [0.15, 0.2) is 0 Å². The van der Waals surface area contributed by atoms with E-state index in [-0.39, 0.29) is 12.6 Å². The Morgan fingerprint density at radius 2 is 2.29 bits per heavy atom. The maximum absolute atomic E-state index is 10.8. The van der Waals surface area contributed by atoms with Crippen LogP contribution in [0.4, 0.5) is 9.59 Å². The molecule has 2 rings (SSSR count). The van der Waals surface area contributed by atoms with Crippen molar-refractivity contribution < 1.29 is 19.4 Å². The quantitative estimate of drug-likeness (QED) is 0.712. The topological polar surface area (TPSA) is 66.8 Å². The zero-order chi connectivity index (χ0) is 10.3. The first-order valence-corrected chi connectivity index (χ1v) is 4.79. The van der Waals surface area contributed by atoms with E-state index in [1.54, 1.807) is 0 Å². The van der Waals surface area contributed by atoms with E-state index in [4.69, 9.17) is 16.7 Å². The van der Waals surface area contributed by atoms with Crippen molar-refractivity contribution in [1.82, 2.24) is 4.90 Å². The Labute approximate surface area is 85.6 Å². The standard InChI is InChI=1S/C8H10ClNO4/c9-7(11)14-3-6-5-1-4(5)2-10(6)8(12)13/h4-6H,1-3H2,(H,12,13)/t4-,5-,6-/m1/s1. The van der Waals surface area contributed by atoms with Crippen LogP contribution < -0.4 is 0 Å². The van der Waals surface area contributed by atoms with E-state index in [0.717, 1.165) is 6.42 Å². The molecule has 2 fully saturated rings. The Morgan fingerprint density at radius 3 is 2.86 bits per heavy atom. The summed E-state index contributed by atoms with van der Waals surface area (Å²) in [4.78, 5) is 22.5. The fourth-order valence-electron chi connectivity index (χ4n) is 2.16. The van der Waals surface area contributed by atoms with Crippen LogP contribution in [0, 0.1) is 11.8 Å². The fourth-order valence-corrected chi connectivity index (χ4v) is 2.22. The van der Waals surface area contributed by atoms with E-state index in [1.807, 2.05) is 0 Å². The average molecular weight is 220 g/mol. The molecule has 0 aromatic carbocycles. The summed E-state index contributed by atoms with van der Waals surface area (Å²) >= 11 is 5.02. The number of fused-ring (bicyclic) bond motifs is 1. The molecule has 0 aromatic heterocycles. The molecule has 0 radical (unpaired) electrons. The van der Waals surface area contributed by atoms with E-state index in [0.29, 0.717) is 18.4 Å². The van der Waals surface area contributed by atoms with Gasteiger partial charge in [0.05, 0.1) is 6.04 Å². The Hall–Kier alpha value is -0.970. The van der Waals surface area contributed by atoms with Gasteiger partial charge in [0, 0.05) is 18.1 Å². The summed E-state index contributed by atoms with van der Waals surface area (Å²) in [5, 5.41) is 8.84. The molecule has 5 nitrogen and oxygen atoms in total. The summed E-state index contributed by atoms with van der Waals surface area (Å²) in [5.41, 5.74) is -0.876. The molecular formula is C8H10ClNO4. The Balaban J connectivity index is 1.93. The van der Waals surface area contributed by atoms with Crippen molar-refractivity contribution in [2.75, 3.05) is 13.2 Å². The average Bonchev–Trinajstić information content (AvgIpc) is 2.76. The highest BCUT2D eigenvalue weighted by molar-refractivity contribution is 6.61. The minimum absolute atomic E-state index is 0.0792. The van der Waals surface area contributed by atoms with Crippen LogP contribution in [0.3, 0.4) is 0 Å². The molecule has 1 saturated heterocycles. The van der Waals surface area contributed by atoms with Crippen molar-refractivity contribution in [2.45, 2.75) is 12.5 Å². The third-order valence-corrected chi connectivity index (χ3v) is 3.03. The number of hydrogen-bond donors (Lipinski definition) is 1.